The molecule has 1 heterocycles. The molecule has 1 aliphatic heterocycles. The van der Waals surface area contributed by atoms with Gasteiger partial charge in [-0.05, 0) is 5.16 Å². The molecule has 0 radical (unpaired) electrons. The summed E-state index contributed by atoms with van der Waals surface area (Å²) in [7, 11) is 1.43. The molecule has 7 heteroatoms. The molecule has 0 aromatic carbocycles. The number of rotatable bonds is 3. The van der Waals surface area contributed by atoms with Gasteiger partial charge in [-0.3, -0.25) is 14.5 Å². The van der Waals surface area contributed by atoms with Crippen molar-refractivity contribution in [3.8, 4) is 0 Å². The van der Waals surface area contributed by atoms with E-state index in [9.17, 15) is 9.59 Å². The molecular formula is C8H11N3O3S. The van der Waals surface area contributed by atoms with E-state index in [0.717, 1.165) is 0 Å². The van der Waals surface area contributed by atoms with Crippen LogP contribution in [0.3, 0.4) is 0 Å². The fraction of sp³-hybridized carbons (Fsp3) is 0.375. The third-order valence-corrected chi connectivity index (χ3v) is 2.52. The largest absolute Gasteiger partial charge is 0.433 e. The zero-order valence-electron chi connectivity index (χ0n) is 8.23. The molecule has 1 N–H and O–H groups in total. The number of amidine groups is 1. The number of hydrogen-bond acceptors (Lipinski definition) is 5. The molecule has 1 fully saturated rings. The number of oxime groups is 1. The van der Waals surface area contributed by atoms with Crippen molar-refractivity contribution >= 4 is 28.9 Å². The summed E-state index contributed by atoms with van der Waals surface area (Å²) in [6.07, 6.45) is 0.917. The molecule has 1 saturated heterocycles. The smallest absolute Gasteiger partial charge is 0.323 e. The van der Waals surface area contributed by atoms with E-state index in [1.54, 1.807) is 6.08 Å². The van der Waals surface area contributed by atoms with Gasteiger partial charge in [-0.15, -0.1) is 6.58 Å². The number of amides is 2. The summed E-state index contributed by atoms with van der Waals surface area (Å²) in [5, 5.41) is 6.19. The molecule has 1 aliphatic rings. The maximum absolute atomic E-state index is 11.3. The van der Waals surface area contributed by atoms with E-state index in [1.807, 2.05) is 0 Å². The maximum atomic E-state index is 11.3. The highest BCUT2D eigenvalue weighted by Crippen LogP contribution is 2.19. The molecule has 0 saturated carbocycles. The van der Waals surface area contributed by atoms with Gasteiger partial charge in [-0.25, -0.2) is 4.79 Å². The summed E-state index contributed by atoms with van der Waals surface area (Å²) in [5.74, 6) is 0.239. The van der Waals surface area contributed by atoms with Crippen molar-refractivity contribution in [2.75, 3.05) is 19.3 Å². The first-order valence-electron chi connectivity index (χ1n) is 4.19. The van der Waals surface area contributed by atoms with Gasteiger partial charge in [0.2, 0.25) is 11.1 Å². The summed E-state index contributed by atoms with van der Waals surface area (Å²) in [6.45, 7) is 3.89. The summed E-state index contributed by atoms with van der Waals surface area (Å²) in [4.78, 5) is 27.9. The van der Waals surface area contributed by atoms with Crippen LogP contribution in [0.1, 0.15) is 0 Å². The zero-order valence-corrected chi connectivity index (χ0v) is 9.04. The van der Waals surface area contributed by atoms with Crippen LogP contribution in [0, 0.1) is 0 Å². The van der Waals surface area contributed by atoms with Crippen LogP contribution < -0.4 is 5.32 Å². The highest BCUT2D eigenvalue weighted by molar-refractivity contribution is 8.15. The van der Waals surface area contributed by atoms with Gasteiger partial charge in [-0.2, -0.15) is 0 Å². The lowest BCUT2D eigenvalue weighted by molar-refractivity contribution is -0.123. The van der Waals surface area contributed by atoms with E-state index < -0.39 is 6.09 Å². The Morgan fingerprint density at radius 1 is 1.87 bits per heavy atom. The van der Waals surface area contributed by atoms with Gasteiger partial charge >= 0.3 is 6.09 Å². The molecule has 0 aromatic heterocycles. The topological polar surface area (TPSA) is 71.0 Å². The average Bonchev–Trinajstić information content (AvgIpc) is 2.58. The van der Waals surface area contributed by atoms with E-state index in [-0.39, 0.29) is 5.91 Å². The normalized spacial score (nSPS) is 18.1. The van der Waals surface area contributed by atoms with E-state index in [0.29, 0.717) is 17.5 Å². The molecule has 0 unspecified atom stereocenters. The van der Waals surface area contributed by atoms with Crippen LogP contribution in [-0.2, 0) is 9.63 Å². The molecule has 1 rings (SSSR count). The Morgan fingerprint density at radius 2 is 2.60 bits per heavy atom. The number of nitrogens with zero attached hydrogens (tertiary/aromatic N) is 2. The Morgan fingerprint density at radius 3 is 3.20 bits per heavy atom. The van der Waals surface area contributed by atoms with Crippen LogP contribution in [-0.4, -0.2) is 41.4 Å². The standard InChI is InChI=1S/C8H11N3O3S/c1-3-4-11-6(12)5-15-7(11)10-14-8(13)9-2/h3H,1,4-5H2,2H3,(H,9,13). The van der Waals surface area contributed by atoms with Crippen molar-refractivity contribution in [2.24, 2.45) is 5.16 Å². The van der Waals surface area contributed by atoms with Crippen molar-refractivity contribution in [1.29, 1.82) is 0 Å². The first-order valence-corrected chi connectivity index (χ1v) is 5.18. The summed E-state index contributed by atoms with van der Waals surface area (Å²) >= 11 is 1.22. The molecular weight excluding hydrogens is 218 g/mol. The minimum atomic E-state index is -0.666. The van der Waals surface area contributed by atoms with Gasteiger partial charge in [0, 0.05) is 13.6 Å². The van der Waals surface area contributed by atoms with Crippen molar-refractivity contribution in [3.05, 3.63) is 12.7 Å². The van der Waals surface area contributed by atoms with Crippen molar-refractivity contribution in [2.45, 2.75) is 0 Å². The summed E-state index contributed by atoms with van der Waals surface area (Å²) < 4.78 is 0. The van der Waals surface area contributed by atoms with Gasteiger partial charge in [0.05, 0.1) is 5.75 Å². The van der Waals surface area contributed by atoms with Gasteiger partial charge < -0.3 is 5.32 Å². The molecule has 0 spiro atoms. The summed E-state index contributed by atoms with van der Waals surface area (Å²) in [6, 6.07) is 0. The number of hydrogen-bond donors (Lipinski definition) is 1. The van der Waals surface area contributed by atoms with E-state index in [2.05, 4.69) is 21.9 Å². The average molecular weight is 229 g/mol. The molecule has 0 aliphatic carbocycles. The Hall–Kier alpha value is -1.50. The minimum Gasteiger partial charge on any atom is -0.323 e. The molecule has 6 nitrogen and oxygen atoms in total. The van der Waals surface area contributed by atoms with Crippen LogP contribution in [0.4, 0.5) is 4.79 Å². The predicted molar refractivity (Wildman–Crippen MR) is 57.3 cm³/mol. The molecule has 15 heavy (non-hydrogen) atoms. The predicted octanol–water partition coefficient (Wildman–Crippen LogP) is 0.375. The lowest BCUT2D eigenvalue weighted by Crippen LogP contribution is -2.30. The van der Waals surface area contributed by atoms with E-state index in [4.69, 9.17) is 0 Å². The SMILES string of the molecule is C=CCN1C(=O)CSC1=NOC(=O)NC. The quantitative estimate of drug-likeness (QED) is 0.431. The number of thioether (sulfide) groups is 1. The number of carbonyl (C=O) groups excluding carboxylic acids is 2. The van der Waals surface area contributed by atoms with Gasteiger partial charge in [0.25, 0.3) is 0 Å². The first kappa shape index (κ1) is 11.6. The summed E-state index contributed by atoms with van der Waals surface area (Å²) in [5.41, 5.74) is 0. The van der Waals surface area contributed by atoms with Crippen molar-refractivity contribution in [1.82, 2.24) is 10.2 Å². The number of carbonyl (C=O) groups is 2. The highest BCUT2D eigenvalue weighted by atomic mass is 32.2. The molecule has 82 valence electrons. The molecule has 2 amide bonds. The van der Waals surface area contributed by atoms with Gasteiger partial charge in [0.15, 0.2) is 0 Å². The monoisotopic (exact) mass is 229 g/mol. The Labute approximate surface area is 91.3 Å². The second-order valence-corrected chi connectivity index (χ2v) is 3.53. The third-order valence-electron chi connectivity index (χ3n) is 1.58. The van der Waals surface area contributed by atoms with Gasteiger partial charge in [-0.1, -0.05) is 17.8 Å². The first-order chi connectivity index (χ1) is 7.19. The van der Waals surface area contributed by atoms with E-state index in [1.165, 1.54) is 23.7 Å². The fourth-order valence-corrected chi connectivity index (χ4v) is 1.73. The zero-order chi connectivity index (χ0) is 11.3. The second kappa shape index (κ2) is 5.40. The van der Waals surface area contributed by atoms with Crippen molar-refractivity contribution < 1.29 is 14.4 Å². The Kier molecular flexibility index (Phi) is 4.17. The number of nitrogens with one attached hydrogen (secondary N) is 1. The van der Waals surface area contributed by atoms with Crippen LogP contribution in [0.25, 0.3) is 0 Å². The van der Waals surface area contributed by atoms with Gasteiger partial charge in [0.1, 0.15) is 0 Å². The fourth-order valence-electron chi connectivity index (χ4n) is 0.900. The molecule has 0 atom stereocenters. The van der Waals surface area contributed by atoms with Crippen LogP contribution in [0.5, 0.6) is 0 Å². The van der Waals surface area contributed by atoms with Crippen LogP contribution >= 0.6 is 11.8 Å². The highest BCUT2D eigenvalue weighted by Gasteiger charge is 2.27. The maximum Gasteiger partial charge on any atom is 0.433 e. The minimum absolute atomic E-state index is 0.0702. The van der Waals surface area contributed by atoms with Crippen LogP contribution in [0.15, 0.2) is 17.8 Å². The molecule has 0 bridgehead atoms. The third kappa shape index (κ3) is 2.98. The lowest BCUT2D eigenvalue weighted by atomic mass is 10.5. The molecule has 0 aromatic rings. The van der Waals surface area contributed by atoms with Crippen LogP contribution in [0.2, 0.25) is 0 Å². The second-order valence-electron chi connectivity index (χ2n) is 2.58. The Bertz CT molecular complexity index is 316. The van der Waals surface area contributed by atoms with Crippen molar-refractivity contribution in [3.63, 3.8) is 0 Å². The lowest BCUT2D eigenvalue weighted by Gasteiger charge is -2.11. The Balaban J connectivity index is 2.63. The van der Waals surface area contributed by atoms with E-state index >= 15 is 0 Å².